The van der Waals surface area contributed by atoms with Gasteiger partial charge in [0.25, 0.3) is 11.8 Å². The van der Waals surface area contributed by atoms with Gasteiger partial charge in [-0.15, -0.1) is 11.3 Å². The molecule has 0 saturated carbocycles. The average Bonchev–Trinajstić information content (AvgIpc) is 3.90. The summed E-state index contributed by atoms with van der Waals surface area (Å²) in [6, 6.07) is 17.1. The number of halogens is 3. The number of β-amino-alcohol motifs (C(OH)–C–C–N with tert-alkyl or cyclic N) is 1. The maximum absolute atomic E-state index is 13.7. The number of likely N-dealkylation sites (tertiary alicyclic amines) is 2. The third kappa shape index (κ3) is 11.0. The molecule has 1 unspecified atom stereocenters. The Morgan fingerprint density at radius 3 is 2.32 bits per heavy atom. The van der Waals surface area contributed by atoms with Crippen molar-refractivity contribution in [1.29, 1.82) is 5.26 Å². The minimum atomic E-state index is -4.77. The van der Waals surface area contributed by atoms with E-state index in [0.717, 1.165) is 39.4 Å². The second-order valence-electron chi connectivity index (χ2n) is 18.0. The van der Waals surface area contributed by atoms with Gasteiger partial charge in [0.05, 0.1) is 57.5 Å². The van der Waals surface area contributed by atoms with Gasteiger partial charge in [-0.2, -0.15) is 18.4 Å². The van der Waals surface area contributed by atoms with Gasteiger partial charge >= 0.3 is 6.18 Å². The Morgan fingerprint density at radius 1 is 1.05 bits per heavy atom. The number of hydrogen-bond donors (Lipinski definition) is 4. The van der Waals surface area contributed by atoms with E-state index in [2.05, 4.69) is 15.6 Å². The van der Waals surface area contributed by atoms with Crippen LogP contribution in [0.15, 0.2) is 72.2 Å². The van der Waals surface area contributed by atoms with Crippen LogP contribution in [0.4, 0.5) is 13.2 Å². The molecule has 0 aliphatic carbocycles. The van der Waals surface area contributed by atoms with Gasteiger partial charge in [0.2, 0.25) is 5.91 Å². The monoisotopic (exact) mass is 890 g/mol. The van der Waals surface area contributed by atoms with E-state index in [1.807, 2.05) is 58.9 Å². The van der Waals surface area contributed by atoms with Crippen molar-refractivity contribution in [1.82, 2.24) is 25.4 Å². The van der Waals surface area contributed by atoms with Crippen molar-refractivity contribution in [3.05, 3.63) is 100 Å². The number of carbonyl (C=O) groups is 3. The third-order valence-electron chi connectivity index (χ3n) is 11.5. The van der Waals surface area contributed by atoms with Gasteiger partial charge in [0.1, 0.15) is 17.7 Å². The highest BCUT2D eigenvalue weighted by atomic mass is 32.1. The Balaban J connectivity index is 1.03. The molecule has 2 saturated heterocycles. The van der Waals surface area contributed by atoms with Gasteiger partial charge in [-0.05, 0) is 72.7 Å². The molecule has 0 spiro atoms. The molecular formula is C46H53F3N6O7S. The lowest BCUT2D eigenvalue weighted by Crippen LogP contribution is -2.60. The van der Waals surface area contributed by atoms with Crippen LogP contribution in [0, 0.1) is 29.1 Å². The molecule has 0 radical (unpaired) electrons. The number of amides is 3. The number of ether oxygens (including phenoxy) is 2. The topological polar surface area (TPSA) is 177 Å². The number of aryl methyl sites for hydroxylation is 1. The van der Waals surface area contributed by atoms with E-state index in [1.54, 1.807) is 59.9 Å². The maximum Gasteiger partial charge on any atom is 0.417 e. The molecule has 3 aromatic carbocycles. The van der Waals surface area contributed by atoms with Crippen molar-refractivity contribution in [2.45, 2.75) is 104 Å². The van der Waals surface area contributed by atoms with Crippen LogP contribution in [0.5, 0.6) is 11.5 Å². The Kier molecular flexibility index (Phi) is 13.9. The van der Waals surface area contributed by atoms with Gasteiger partial charge < -0.3 is 35.2 Å². The molecule has 4 aromatic rings. The Morgan fingerprint density at radius 2 is 1.71 bits per heavy atom. The summed E-state index contributed by atoms with van der Waals surface area (Å²) >= 11 is 1.56. The summed E-state index contributed by atoms with van der Waals surface area (Å²) < 4.78 is 52.3. The van der Waals surface area contributed by atoms with E-state index in [9.17, 15) is 37.8 Å². The van der Waals surface area contributed by atoms with Crippen molar-refractivity contribution >= 4 is 29.1 Å². The molecule has 4 N–H and O–H groups in total. The van der Waals surface area contributed by atoms with Crippen LogP contribution in [0.25, 0.3) is 10.4 Å². The predicted molar refractivity (Wildman–Crippen MR) is 229 cm³/mol. The first-order chi connectivity index (χ1) is 29.5. The standard InChI is InChI=1S/C46H53F3N6O7S/c1-26(29-10-12-30(13-11-29)38-27(2)51-25-63-38)52-41(58)36-18-32(56)22-55(36)42(59)39(44(3,4)5)53-37(57)23-61-33-15-8-28(9-16-33)21-54-24-45(6,7)40(43(54)60)62-34-17-14-31(20-50)35(19-34)46(47,48)49/h8-17,19,25-26,32,36,39-40,42,56,59H,18,21-24H2,1-7H3,(H,52,58)(H,53,57)/t26-,32+,36-,39+,40-,42?/m0/s1. The highest BCUT2D eigenvalue weighted by molar-refractivity contribution is 7.13. The smallest absolute Gasteiger partial charge is 0.417 e. The zero-order valence-electron chi connectivity index (χ0n) is 36.2. The normalized spacial score (nSPS) is 20.5. The maximum atomic E-state index is 13.7. The number of alkyl halides is 3. The number of carbonyl (C=O) groups excluding carboxylic acids is 3. The zero-order valence-corrected chi connectivity index (χ0v) is 37.0. The number of aliphatic hydroxyl groups excluding tert-OH is 2. The first-order valence-electron chi connectivity index (χ1n) is 20.6. The van der Waals surface area contributed by atoms with Crippen LogP contribution >= 0.6 is 11.3 Å². The van der Waals surface area contributed by atoms with Crippen LogP contribution in [0.2, 0.25) is 0 Å². The Labute approximate surface area is 368 Å². The SMILES string of the molecule is Cc1ncsc1-c1ccc([C@H](C)NC(=O)[C@@H]2C[C@@H](O)CN2C(O)[C@@H](NC(=O)COc2ccc(CN3CC(C)(C)[C@@H](Oc4ccc(C#N)c(C(F)(F)F)c4)C3=O)cc2)C(C)(C)C)cc1. The van der Waals surface area contributed by atoms with E-state index in [4.69, 9.17) is 14.7 Å². The molecule has 63 heavy (non-hydrogen) atoms. The number of benzene rings is 3. The fourth-order valence-electron chi connectivity index (χ4n) is 8.05. The molecule has 2 aliphatic heterocycles. The molecule has 6 rings (SSSR count). The number of rotatable bonds is 14. The number of hydrogen-bond acceptors (Lipinski definition) is 11. The molecule has 6 atom stereocenters. The second-order valence-corrected chi connectivity index (χ2v) is 18.8. The minimum Gasteiger partial charge on any atom is -0.484 e. The molecule has 3 heterocycles. The molecular weight excluding hydrogens is 838 g/mol. The van der Waals surface area contributed by atoms with E-state index >= 15 is 0 Å². The molecule has 17 heteroatoms. The lowest BCUT2D eigenvalue weighted by molar-refractivity contribution is -0.138. The second kappa shape index (κ2) is 18.7. The van der Waals surface area contributed by atoms with Crippen LogP contribution in [0.1, 0.15) is 82.0 Å². The highest BCUT2D eigenvalue weighted by Crippen LogP contribution is 2.39. The summed E-state index contributed by atoms with van der Waals surface area (Å²) in [6.45, 7) is 13.0. The fraction of sp³-hybridized carbons (Fsp3) is 0.457. The third-order valence-corrected chi connectivity index (χ3v) is 12.4. The fourth-order valence-corrected chi connectivity index (χ4v) is 8.86. The summed E-state index contributed by atoms with van der Waals surface area (Å²) in [7, 11) is 0. The van der Waals surface area contributed by atoms with Crippen molar-refractivity contribution in [3.8, 4) is 28.0 Å². The molecule has 1 aromatic heterocycles. The Hall–Kier alpha value is -5.54. The number of nitrogens with zero attached hydrogens (tertiary/aromatic N) is 4. The number of nitriles is 1. The molecule has 3 amide bonds. The Bertz CT molecular complexity index is 2320. The summed E-state index contributed by atoms with van der Waals surface area (Å²) in [5.41, 5.74) is 2.27. The van der Waals surface area contributed by atoms with Gasteiger partial charge in [0.15, 0.2) is 12.7 Å². The summed E-state index contributed by atoms with van der Waals surface area (Å²) in [5.74, 6) is -1.09. The average molecular weight is 891 g/mol. The number of aliphatic hydroxyl groups is 2. The van der Waals surface area contributed by atoms with E-state index in [1.165, 1.54) is 17.0 Å². The largest absolute Gasteiger partial charge is 0.484 e. The van der Waals surface area contributed by atoms with Crippen LogP contribution in [0.3, 0.4) is 0 Å². The quantitative estimate of drug-likeness (QED) is 0.111. The summed E-state index contributed by atoms with van der Waals surface area (Å²) in [5, 5.41) is 37.5. The lowest BCUT2D eigenvalue weighted by Gasteiger charge is -2.40. The molecule has 13 nitrogen and oxygen atoms in total. The van der Waals surface area contributed by atoms with Crippen molar-refractivity contribution in [3.63, 3.8) is 0 Å². The van der Waals surface area contributed by atoms with Crippen LogP contribution in [-0.2, 0) is 27.1 Å². The summed E-state index contributed by atoms with van der Waals surface area (Å²) in [4.78, 5) is 49.0. The van der Waals surface area contributed by atoms with E-state index in [0.29, 0.717) is 5.75 Å². The zero-order chi connectivity index (χ0) is 46.0. The van der Waals surface area contributed by atoms with E-state index in [-0.39, 0.29) is 43.8 Å². The summed E-state index contributed by atoms with van der Waals surface area (Å²) in [6.07, 6.45) is -7.94. The van der Waals surface area contributed by atoms with Gasteiger partial charge in [-0.25, -0.2) is 4.98 Å². The lowest BCUT2D eigenvalue weighted by atomic mass is 9.85. The van der Waals surface area contributed by atoms with Crippen molar-refractivity contribution in [2.75, 3.05) is 19.7 Å². The number of nitrogens with one attached hydrogen (secondary N) is 2. The van der Waals surface area contributed by atoms with Crippen LogP contribution in [-0.4, -0.2) is 92.9 Å². The first-order valence-corrected chi connectivity index (χ1v) is 21.4. The minimum absolute atomic E-state index is 0.0238. The molecule has 0 bridgehead atoms. The van der Waals surface area contributed by atoms with Gasteiger partial charge in [-0.1, -0.05) is 71.0 Å². The van der Waals surface area contributed by atoms with Crippen LogP contribution < -0.4 is 20.1 Å². The number of thiazole rings is 1. The van der Waals surface area contributed by atoms with Crippen molar-refractivity contribution in [2.24, 2.45) is 10.8 Å². The van der Waals surface area contributed by atoms with E-state index < -0.39 is 77.1 Å². The predicted octanol–water partition coefficient (Wildman–Crippen LogP) is 6.37. The molecule has 2 fully saturated rings. The van der Waals surface area contributed by atoms with Crippen molar-refractivity contribution < 1.29 is 47.2 Å². The van der Waals surface area contributed by atoms with Gasteiger partial charge in [0, 0.05) is 25.0 Å². The number of aromatic nitrogens is 1. The van der Waals surface area contributed by atoms with Gasteiger partial charge in [-0.3, -0.25) is 19.3 Å². The molecule has 2 aliphatic rings. The highest BCUT2D eigenvalue weighted by Gasteiger charge is 2.49. The molecule has 336 valence electrons. The first kappa shape index (κ1) is 47.0.